The maximum atomic E-state index is 12.8. The van der Waals surface area contributed by atoms with Gasteiger partial charge in [-0.2, -0.15) is 0 Å². The summed E-state index contributed by atoms with van der Waals surface area (Å²) in [6.45, 7) is 1.80. The molecule has 0 unspecified atom stereocenters. The Morgan fingerprint density at radius 3 is 2.48 bits per heavy atom. The molecule has 0 saturated carbocycles. The lowest BCUT2D eigenvalue weighted by atomic mass is 10.2. The van der Waals surface area contributed by atoms with E-state index < -0.39 is 0 Å². The number of amides is 3. The molecule has 3 amide bonds. The van der Waals surface area contributed by atoms with Gasteiger partial charge < -0.3 is 20.0 Å². The summed E-state index contributed by atoms with van der Waals surface area (Å²) in [6, 6.07) is 12.0. The number of rotatable bonds is 5. The van der Waals surface area contributed by atoms with Gasteiger partial charge in [0.05, 0.1) is 21.8 Å². The SMILES string of the molecule is Cc1cc(NC(=O)c2ccco2)sc1C(=O)Nc1ccccc1SC(=O)N(C)C. The van der Waals surface area contributed by atoms with Crippen LogP contribution in [0.5, 0.6) is 0 Å². The van der Waals surface area contributed by atoms with Crippen LogP contribution < -0.4 is 10.6 Å². The Morgan fingerprint density at radius 2 is 1.79 bits per heavy atom. The van der Waals surface area contributed by atoms with Gasteiger partial charge in [-0.1, -0.05) is 12.1 Å². The van der Waals surface area contributed by atoms with E-state index in [1.807, 2.05) is 0 Å². The van der Waals surface area contributed by atoms with Crippen molar-refractivity contribution in [3.8, 4) is 0 Å². The number of nitrogens with zero attached hydrogens (tertiary/aromatic N) is 1. The van der Waals surface area contributed by atoms with Gasteiger partial charge in [0.15, 0.2) is 5.76 Å². The number of thiophene rings is 1. The molecule has 0 fully saturated rings. The Bertz CT molecular complexity index is 1040. The van der Waals surface area contributed by atoms with Crippen LogP contribution in [0.3, 0.4) is 0 Å². The highest BCUT2D eigenvalue weighted by Gasteiger charge is 2.18. The van der Waals surface area contributed by atoms with Crippen molar-refractivity contribution in [3.63, 3.8) is 0 Å². The number of carbonyl (C=O) groups is 3. The van der Waals surface area contributed by atoms with Crippen molar-refractivity contribution in [1.82, 2.24) is 4.90 Å². The Labute approximate surface area is 176 Å². The third-order valence-electron chi connectivity index (χ3n) is 3.80. The van der Waals surface area contributed by atoms with E-state index in [1.54, 1.807) is 63.5 Å². The topological polar surface area (TPSA) is 91.6 Å². The van der Waals surface area contributed by atoms with Crippen LogP contribution in [0.2, 0.25) is 0 Å². The summed E-state index contributed by atoms with van der Waals surface area (Å²) in [6.07, 6.45) is 1.42. The molecule has 0 radical (unpaired) electrons. The number of hydrogen-bond acceptors (Lipinski definition) is 6. The van der Waals surface area contributed by atoms with Crippen molar-refractivity contribution < 1.29 is 18.8 Å². The van der Waals surface area contributed by atoms with Gasteiger partial charge >= 0.3 is 0 Å². The highest BCUT2D eigenvalue weighted by Crippen LogP contribution is 2.31. The molecule has 2 heterocycles. The van der Waals surface area contributed by atoms with E-state index in [-0.39, 0.29) is 22.8 Å². The zero-order chi connectivity index (χ0) is 21.0. The standard InChI is InChI=1S/C20H19N3O4S2/c1-12-11-16(22-18(24)14-8-6-10-27-14)29-17(12)19(25)21-13-7-4-5-9-15(13)28-20(26)23(2)3/h4-11H,1-3H3,(H,21,25)(H,22,24). The zero-order valence-electron chi connectivity index (χ0n) is 16.0. The molecule has 0 aliphatic heterocycles. The lowest BCUT2D eigenvalue weighted by Crippen LogP contribution is -2.17. The van der Waals surface area contributed by atoms with Crippen molar-refractivity contribution >= 4 is 50.8 Å². The molecule has 3 rings (SSSR count). The summed E-state index contributed by atoms with van der Waals surface area (Å²) in [5.74, 6) is -0.498. The monoisotopic (exact) mass is 429 g/mol. The molecule has 0 aliphatic carbocycles. The van der Waals surface area contributed by atoms with E-state index in [2.05, 4.69) is 10.6 Å². The quantitative estimate of drug-likeness (QED) is 0.561. The lowest BCUT2D eigenvalue weighted by molar-refractivity contribution is 0.0995. The maximum absolute atomic E-state index is 12.8. The molecule has 0 saturated heterocycles. The van der Waals surface area contributed by atoms with Gasteiger partial charge in [-0.3, -0.25) is 14.4 Å². The highest BCUT2D eigenvalue weighted by atomic mass is 32.2. The second-order valence-electron chi connectivity index (χ2n) is 6.27. The van der Waals surface area contributed by atoms with Crippen molar-refractivity contribution in [2.75, 3.05) is 24.7 Å². The molecular formula is C20H19N3O4S2. The second kappa shape index (κ2) is 8.97. The van der Waals surface area contributed by atoms with Crippen LogP contribution in [0, 0.1) is 6.92 Å². The molecule has 0 spiro atoms. The van der Waals surface area contributed by atoms with Gasteiger partial charge in [-0.05, 0) is 54.6 Å². The Balaban J connectivity index is 1.74. The number of aryl methyl sites for hydroxylation is 1. The molecule has 3 aromatic rings. The van der Waals surface area contributed by atoms with Crippen LogP contribution in [0.4, 0.5) is 15.5 Å². The summed E-state index contributed by atoms with van der Waals surface area (Å²) in [7, 11) is 3.34. The summed E-state index contributed by atoms with van der Waals surface area (Å²) in [5, 5.41) is 5.98. The number of thioether (sulfide) groups is 1. The van der Waals surface area contributed by atoms with E-state index in [0.29, 0.717) is 20.5 Å². The first-order chi connectivity index (χ1) is 13.8. The molecule has 0 bridgehead atoms. The van der Waals surface area contributed by atoms with E-state index in [1.165, 1.54) is 22.5 Å². The number of hydrogen-bond donors (Lipinski definition) is 2. The third-order valence-corrected chi connectivity index (χ3v) is 6.07. The first-order valence-corrected chi connectivity index (χ1v) is 10.2. The summed E-state index contributed by atoms with van der Waals surface area (Å²) < 4.78 is 5.07. The predicted molar refractivity (Wildman–Crippen MR) is 115 cm³/mol. The van der Waals surface area contributed by atoms with Gasteiger partial charge in [-0.25, -0.2) is 0 Å². The number of benzene rings is 1. The molecular weight excluding hydrogens is 410 g/mol. The van der Waals surface area contributed by atoms with E-state index in [4.69, 9.17) is 4.42 Å². The van der Waals surface area contributed by atoms with Gasteiger partial charge in [0.2, 0.25) is 0 Å². The molecule has 29 heavy (non-hydrogen) atoms. The first kappa shape index (κ1) is 20.7. The first-order valence-electron chi connectivity index (χ1n) is 8.60. The molecule has 1 aromatic carbocycles. The average molecular weight is 430 g/mol. The smallest absolute Gasteiger partial charge is 0.291 e. The molecule has 9 heteroatoms. The van der Waals surface area contributed by atoms with Gasteiger partial charge in [-0.15, -0.1) is 11.3 Å². The third kappa shape index (κ3) is 5.07. The minimum absolute atomic E-state index is 0.137. The summed E-state index contributed by atoms with van der Waals surface area (Å²) in [4.78, 5) is 39.5. The van der Waals surface area contributed by atoms with Gasteiger partial charge in [0.1, 0.15) is 0 Å². The minimum atomic E-state index is -0.382. The fourth-order valence-corrected chi connectivity index (χ4v) is 4.08. The largest absolute Gasteiger partial charge is 0.459 e. The summed E-state index contributed by atoms with van der Waals surface area (Å²) in [5.41, 5.74) is 1.28. The van der Waals surface area contributed by atoms with Crippen molar-refractivity contribution in [1.29, 1.82) is 0 Å². The molecule has 0 atom stereocenters. The zero-order valence-corrected chi connectivity index (χ0v) is 17.6. The predicted octanol–water partition coefficient (Wildman–Crippen LogP) is 4.93. The highest BCUT2D eigenvalue weighted by molar-refractivity contribution is 8.13. The second-order valence-corrected chi connectivity index (χ2v) is 8.31. The number of para-hydroxylation sites is 1. The molecule has 0 aliphatic rings. The molecule has 150 valence electrons. The maximum Gasteiger partial charge on any atom is 0.291 e. The number of nitrogens with one attached hydrogen (secondary N) is 2. The summed E-state index contributed by atoms with van der Waals surface area (Å²) >= 11 is 2.21. The van der Waals surface area contributed by atoms with Crippen LogP contribution in [-0.2, 0) is 0 Å². The van der Waals surface area contributed by atoms with Crippen molar-refractivity contribution in [2.45, 2.75) is 11.8 Å². The molecule has 2 aromatic heterocycles. The van der Waals surface area contributed by atoms with E-state index in [9.17, 15) is 14.4 Å². The van der Waals surface area contributed by atoms with Crippen LogP contribution >= 0.6 is 23.1 Å². The van der Waals surface area contributed by atoms with Crippen LogP contribution in [0.25, 0.3) is 0 Å². The van der Waals surface area contributed by atoms with Crippen molar-refractivity contribution in [3.05, 3.63) is 64.9 Å². The Hall–Kier alpha value is -3.04. The Morgan fingerprint density at radius 1 is 1.03 bits per heavy atom. The fraction of sp³-hybridized carbons (Fsp3) is 0.150. The average Bonchev–Trinajstić information content (AvgIpc) is 3.33. The normalized spacial score (nSPS) is 10.4. The number of carbonyl (C=O) groups excluding carboxylic acids is 3. The Kier molecular flexibility index (Phi) is 6.40. The number of furan rings is 1. The van der Waals surface area contributed by atoms with Crippen LogP contribution in [0.15, 0.2) is 58.0 Å². The van der Waals surface area contributed by atoms with Gasteiger partial charge in [0.25, 0.3) is 17.1 Å². The van der Waals surface area contributed by atoms with Crippen molar-refractivity contribution in [2.24, 2.45) is 0 Å². The van der Waals surface area contributed by atoms with Gasteiger partial charge in [0, 0.05) is 19.0 Å². The lowest BCUT2D eigenvalue weighted by Gasteiger charge is -2.13. The molecule has 7 nitrogen and oxygen atoms in total. The van der Waals surface area contributed by atoms with Crippen LogP contribution in [0.1, 0.15) is 25.8 Å². The van der Waals surface area contributed by atoms with E-state index >= 15 is 0 Å². The van der Waals surface area contributed by atoms with Crippen LogP contribution in [-0.4, -0.2) is 36.0 Å². The molecule has 2 N–H and O–H groups in total. The fourth-order valence-electron chi connectivity index (χ4n) is 2.37. The minimum Gasteiger partial charge on any atom is -0.459 e. The number of anilines is 2. The van der Waals surface area contributed by atoms with E-state index in [0.717, 1.165) is 17.3 Å².